The van der Waals surface area contributed by atoms with Crippen molar-refractivity contribution in [2.75, 3.05) is 26.6 Å². The van der Waals surface area contributed by atoms with Crippen LogP contribution in [-0.4, -0.2) is 39.3 Å². The van der Waals surface area contributed by atoms with Crippen LogP contribution in [0.1, 0.15) is 48.2 Å². The first-order valence-corrected chi connectivity index (χ1v) is 9.64. The van der Waals surface area contributed by atoms with E-state index in [4.69, 9.17) is 18.9 Å². The Kier molecular flexibility index (Phi) is 7.69. The van der Waals surface area contributed by atoms with Crippen LogP contribution in [0.25, 0.3) is 0 Å². The summed E-state index contributed by atoms with van der Waals surface area (Å²) in [5.41, 5.74) is 2.83. The number of para-hydroxylation sites is 1. The lowest BCUT2D eigenvalue weighted by Gasteiger charge is -2.19. The highest BCUT2D eigenvalue weighted by atomic mass is 16.6. The molecule has 0 spiro atoms. The molecule has 0 unspecified atom stereocenters. The maximum Gasteiger partial charge on any atom is 0.342 e. The molecular weight excluding hydrogens is 386 g/mol. The highest BCUT2D eigenvalue weighted by Gasteiger charge is 2.24. The summed E-state index contributed by atoms with van der Waals surface area (Å²) in [6.07, 6.45) is -1.02. The SMILES string of the molecule is COc1cc(OC)c(C(=O)O[C@@H](C)C(=O)Nc2c(C)cccc2C(C)C)cc1OC. The van der Waals surface area contributed by atoms with Crippen LogP contribution in [0.3, 0.4) is 0 Å². The minimum atomic E-state index is -1.02. The van der Waals surface area contributed by atoms with Gasteiger partial charge in [0.15, 0.2) is 17.6 Å². The van der Waals surface area contributed by atoms with Crippen molar-refractivity contribution in [2.45, 2.75) is 39.7 Å². The van der Waals surface area contributed by atoms with Gasteiger partial charge in [-0.2, -0.15) is 0 Å². The van der Waals surface area contributed by atoms with E-state index in [1.165, 1.54) is 40.4 Å². The molecule has 7 nitrogen and oxygen atoms in total. The lowest BCUT2D eigenvalue weighted by Crippen LogP contribution is -2.30. The van der Waals surface area contributed by atoms with Crippen molar-refractivity contribution in [3.05, 3.63) is 47.0 Å². The Morgan fingerprint density at radius 3 is 2.07 bits per heavy atom. The molecule has 0 heterocycles. The number of amides is 1. The van der Waals surface area contributed by atoms with Gasteiger partial charge in [-0.25, -0.2) is 4.79 Å². The smallest absolute Gasteiger partial charge is 0.342 e. The summed E-state index contributed by atoms with van der Waals surface area (Å²) in [4.78, 5) is 25.4. The van der Waals surface area contributed by atoms with Gasteiger partial charge in [0.25, 0.3) is 5.91 Å². The van der Waals surface area contributed by atoms with Gasteiger partial charge in [-0.05, 0) is 30.9 Å². The third-order valence-corrected chi connectivity index (χ3v) is 4.75. The lowest BCUT2D eigenvalue weighted by atomic mass is 9.98. The van der Waals surface area contributed by atoms with Gasteiger partial charge < -0.3 is 24.3 Å². The quantitative estimate of drug-likeness (QED) is 0.646. The fourth-order valence-electron chi connectivity index (χ4n) is 3.03. The average molecular weight is 415 g/mol. The van der Waals surface area contributed by atoms with E-state index in [9.17, 15) is 9.59 Å². The zero-order valence-corrected chi connectivity index (χ0v) is 18.5. The van der Waals surface area contributed by atoms with E-state index >= 15 is 0 Å². The van der Waals surface area contributed by atoms with Gasteiger partial charge in [0.05, 0.1) is 21.3 Å². The van der Waals surface area contributed by atoms with E-state index in [1.54, 1.807) is 0 Å². The molecule has 2 aromatic carbocycles. The highest BCUT2D eigenvalue weighted by Crippen LogP contribution is 2.35. The first-order chi connectivity index (χ1) is 14.2. The number of methoxy groups -OCH3 is 3. The molecule has 0 fully saturated rings. The average Bonchev–Trinajstić information content (AvgIpc) is 2.73. The summed E-state index contributed by atoms with van der Waals surface area (Å²) in [7, 11) is 4.38. The molecule has 0 saturated heterocycles. The van der Waals surface area contributed by atoms with Crippen molar-refractivity contribution in [1.82, 2.24) is 0 Å². The molecule has 7 heteroatoms. The summed E-state index contributed by atoms with van der Waals surface area (Å²) in [6.45, 7) is 7.55. The number of aryl methyl sites for hydroxylation is 1. The molecule has 2 rings (SSSR count). The number of carbonyl (C=O) groups is 2. The van der Waals surface area contributed by atoms with E-state index in [0.29, 0.717) is 11.5 Å². The Bertz CT molecular complexity index is 922. The Hall–Kier alpha value is -3.22. The van der Waals surface area contributed by atoms with Gasteiger partial charge in [-0.3, -0.25) is 4.79 Å². The number of carbonyl (C=O) groups excluding carboxylic acids is 2. The molecule has 2 aromatic rings. The molecule has 1 N–H and O–H groups in total. The number of ether oxygens (including phenoxy) is 4. The van der Waals surface area contributed by atoms with Crippen molar-refractivity contribution in [3.8, 4) is 17.2 Å². The second kappa shape index (κ2) is 10.0. The molecular formula is C23H29NO6. The minimum Gasteiger partial charge on any atom is -0.496 e. The molecule has 30 heavy (non-hydrogen) atoms. The number of benzene rings is 2. The second-order valence-corrected chi connectivity index (χ2v) is 7.14. The first kappa shape index (κ1) is 23.1. The molecule has 1 atom stereocenters. The number of hydrogen-bond acceptors (Lipinski definition) is 6. The Balaban J connectivity index is 2.21. The van der Waals surface area contributed by atoms with Crippen molar-refractivity contribution < 1.29 is 28.5 Å². The van der Waals surface area contributed by atoms with E-state index in [1.807, 2.05) is 25.1 Å². The fourth-order valence-corrected chi connectivity index (χ4v) is 3.03. The number of anilines is 1. The van der Waals surface area contributed by atoms with Crippen molar-refractivity contribution in [3.63, 3.8) is 0 Å². The largest absolute Gasteiger partial charge is 0.496 e. The van der Waals surface area contributed by atoms with Gasteiger partial charge in [0, 0.05) is 17.8 Å². The number of hydrogen-bond donors (Lipinski definition) is 1. The Labute approximate surface area is 177 Å². The van der Waals surface area contributed by atoms with Crippen LogP contribution in [0.4, 0.5) is 5.69 Å². The summed E-state index contributed by atoms with van der Waals surface area (Å²) >= 11 is 0. The normalized spacial score (nSPS) is 11.6. The number of rotatable bonds is 8. The Morgan fingerprint density at radius 1 is 0.900 bits per heavy atom. The first-order valence-electron chi connectivity index (χ1n) is 9.64. The standard InChI is InChI=1S/C23H29NO6/c1-13(2)16-10-8-9-14(3)21(16)24-22(25)15(4)30-23(26)17-11-19(28-6)20(29-7)12-18(17)27-5/h8-13,15H,1-7H3,(H,24,25)/t15-/m0/s1. The zero-order valence-electron chi connectivity index (χ0n) is 18.5. The van der Waals surface area contributed by atoms with Crippen LogP contribution < -0.4 is 19.5 Å². The maximum absolute atomic E-state index is 12.7. The third-order valence-electron chi connectivity index (χ3n) is 4.75. The molecule has 0 saturated carbocycles. The van der Waals surface area contributed by atoms with Crippen molar-refractivity contribution in [1.29, 1.82) is 0 Å². The van der Waals surface area contributed by atoms with Gasteiger partial charge in [0.1, 0.15) is 11.3 Å². The Morgan fingerprint density at radius 2 is 1.50 bits per heavy atom. The summed E-state index contributed by atoms with van der Waals surface area (Å²) in [5, 5.41) is 2.89. The highest BCUT2D eigenvalue weighted by molar-refractivity contribution is 5.99. The lowest BCUT2D eigenvalue weighted by molar-refractivity contribution is -0.123. The summed E-state index contributed by atoms with van der Waals surface area (Å²) in [6, 6.07) is 8.84. The maximum atomic E-state index is 12.7. The van der Waals surface area contributed by atoms with E-state index in [-0.39, 0.29) is 17.2 Å². The number of esters is 1. The van der Waals surface area contributed by atoms with Crippen LogP contribution in [0.15, 0.2) is 30.3 Å². The molecule has 162 valence electrons. The zero-order chi connectivity index (χ0) is 22.4. The van der Waals surface area contributed by atoms with E-state index in [0.717, 1.165) is 16.8 Å². The van der Waals surface area contributed by atoms with Gasteiger partial charge in [0.2, 0.25) is 0 Å². The van der Waals surface area contributed by atoms with Gasteiger partial charge >= 0.3 is 5.97 Å². The molecule has 0 aromatic heterocycles. The minimum absolute atomic E-state index is 0.133. The number of nitrogens with one attached hydrogen (secondary N) is 1. The van der Waals surface area contributed by atoms with Crippen LogP contribution in [0, 0.1) is 6.92 Å². The molecule has 0 radical (unpaired) electrons. The monoisotopic (exact) mass is 415 g/mol. The fraction of sp³-hybridized carbons (Fsp3) is 0.391. The third kappa shape index (κ3) is 5.03. The predicted molar refractivity (Wildman–Crippen MR) is 115 cm³/mol. The summed E-state index contributed by atoms with van der Waals surface area (Å²) < 4.78 is 21.1. The van der Waals surface area contributed by atoms with Crippen molar-refractivity contribution in [2.24, 2.45) is 0 Å². The van der Waals surface area contributed by atoms with E-state index in [2.05, 4.69) is 19.2 Å². The molecule has 0 aliphatic rings. The van der Waals surface area contributed by atoms with Crippen molar-refractivity contribution >= 4 is 17.6 Å². The topological polar surface area (TPSA) is 83.1 Å². The predicted octanol–water partition coefficient (Wildman–Crippen LogP) is 4.33. The molecule has 0 bridgehead atoms. The molecule has 0 aliphatic carbocycles. The summed E-state index contributed by atoms with van der Waals surface area (Å²) in [5.74, 6) is 0.130. The van der Waals surface area contributed by atoms with Crippen LogP contribution in [0.2, 0.25) is 0 Å². The van der Waals surface area contributed by atoms with Crippen LogP contribution >= 0.6 is 0 Å². The van der Waals surface area contributed by atoms with Crippen LogP contribution in [0.5, 0.6) is 17.2 Å². The molecule has 0 aliphatic heterocycles. The van der Waals surface area contributed by atoms with Gasteiger partial charge in [-0.1, -0.05) is 32.0 Å². The van der Waals surface area contributed by atoms with Gasteiger partial charge in [-0.15, -0.1) is 0 Å². The van der Waals surface area contributed by atoms with E-state index < -0.39 is 18.0 Å². The molecule has 1 amide bonds. The van der Waals surface area contributed by atoms with Crippen LogP contribution in [-0.2, 0) is 9.53 Å². The second-order valence-electron chi connectivity index (χ2n) is 7.14.